The lowest BCUT2D eigenvalue weighted by molar-refractivity contribution is 0.197. The largest absolute Gasteiger partial charge is 0.508 e. The van der Waals surface area contributed by atoms with Crippen LogP contribution in [0, 0.1) is 6.92 Å². The van der Waals surface area contributed by atoms with Crippen molar-refractivity contribution in [1.29, 1.82) is 0 Å². The summed E-state index contributed by atoms with van der Waals surface area (Å²) in [7, 11) is 0. The SMILES string of the molecule is Cc1cc(O)ccc1OC(N)CCc1ccccc1. The number of rotatable bonds is 5. The lowest BCUT2D eigenvalue weighted by Crippen LogP contribution is -2.28. The number of phenols is 1. The predicted octanol–water partition coefficient (Wildman–Crippen LogP) is 3.00. The number of ether oxygens (including phenoxy) is 1. The Labute approximate surface area is 113 Å². The van der Waals surface area contributed by atoms with Gasteiger partial charge < -0.3 is 9.84 Å². The van der Waals surface area contributed by atoms with Crippen molar-refractivity contribution in [3.05, 3.63) is 59.7 Å². The third kappa shape index (κ3) is 4.00. The van der Waals surface area contributed by atoms with Crippen molar-refractivity contribution < 1.29 is 9.84 Å². The average molecular weight is 257 g/mol. The van der Waals surface area contributed by atoms with Crippen LogP contribution in [0.4, 0.5) is 0 Å². The molecule has 2 rings (SSSR count). The van der Waals surface area contributed by atoms with Crippen LogP contribution in [-0.2, 0) is 6.42 Å². The second-order valence-corrected chi connectivity index (χ2v) is 4.63. The van der Waals surface area contributed by atoms with E-state index in [4.69, 9.17) is 10.5 Å². The monoisotopic (exact) mass is 257 g/mol. The molecule has 0 saturated carbocycles. The van der Waals surface area contributed by atoms with Crippen LogP contribution in [0.3, 0.4) is 0 Å². The number of hydrogen-bond acceptors (Lipinski definition) is 3. The molecule has 0 radical (unpaired) electrons. The number of benzene rings is 2. The van der Waals surface area contributed by atoms with Gasteiger partial charge in [-0.1, -0.05) is 30.3 Å². The van der Waals surface area contributed by atoms with E-state index in [0.717, 1.165) is 24.2 Å². The molecule has 3 nitrogen and oxygen atoms in total. The Morgan fingerprint density at radius 1 is 1.16 bits per heavy atom. The molecule has 19 heavy (non-hydrogen) atoms. The lowest BCUT2D eigenvalue weighted by Gasteiger charge is -2.16. The summed E-state index contributed by atoms with van der Waals surface area (Å²) in [5.41, 5.74) is 8.11. The fourth-order valence-corrected chi connectivity index (χ4v) is 1.94. The van der Waals surface area contributed by atoms with Crippen LogP contribution >= 0.6 is 0 Å². The highest BCUT2D eigenvalue weighted by atomic mass is 16.5. The fourth-order valence-electron chi connectivity index (χ4n) is 1.94. The molecule has 0 aliphatic rings. The van der Waals surface area contributed by atoms with E-state index in [1.165, 1.54) is 5.56 Å². The first kappa shape index (κ1) is 13.4. The van der Waals surface area contributed by atoms with Gasteiger partial charge in [0.1, 0.15) is 17.7 Å². The number of aromatic hydroxyl groups is 1. The zero-order chi connectivity index (χ0) is 13.7. The molecule has 3 N–H and O–H groups in total. The number of nitrogens with two attached hydrogens (primary N) is 1. The minimum absolute atomic E-state index is 0.239. The van der Waals surface area contributed by atoms with Crippen molar-refractivity contribution in [3.63, 3.8) is 0 Å². The first-order valence-electron chi connectivity index (χ1n) is 6.41. The van der Waals surface area contributed by atoms with Crippen molar-refractivity contribution in [2.45, 2.75) is 26.0 Å². The van der Waals surface area contributed by atoms with E-state index in [-0.39, 0.29) is 12.0 Å². The molecule has 2 aromatic rings. The fraction of sp³-hybridized carbons (Fsp3) is 0.250. The zero-order valence-electron chi connectivity index (χ0n) is 11.0. The molecular formula is C16H19NO2. The maximum Gasteiger partial charge on any atom is 0.148 e. The minimum atomic E-state index is -0.344. The molecule has 0 aromatic heterocycles. The van der Waals surface area contributed by atoms with Gasteiger partial charge in [-0.2, -0.15) is 0 Å². The summed E-state index contributed by atoms with van der Waals surface area (Å²) in [4.78, 5) is 0. The predicted molar refractivity (Wildman–Crippen MR) is 76.2 cm³/mol. The molecule has 100 valence electrons. The van der Waals surface area contributed by atoms with Crippen molar-refractivity contribution in [2.75, 3.05) is 0 Å². The smallest absolute Gasteiger partial charge is 0.148 e. The molecular weight excluding hydrogens is 238 g/mol. The summed E-state index contributed by atoms with van der Waals surface area (Å²) in [5, 5.41) is 9.34. The molecule has 0 aliphatic heterocycles. The van der Waals surface area contributed by atoms with Gasteiger partial charge in [0.15, 0.2) is 0 Å². The third-order valence-corrected chi connectivity index (χ3v) is 3.00. The molecule has 3 heteroatoms. The number of aryl methyl sites for hydroxylation is 2. The van der Waals surface area contributed by atoms with Gasteiger partial charge in [0.25, 0.3) is 0 Å². The summed E-state index contributed by atoms with van der Waals surface area (Å²) in [6.45, 7) is 1.89. The van der Waals surface area contributed by atoms with Gasteiger partial charge >= 0.3 is 0 Å². The molecule has 0 aliphatic carbocycles. The Morgan fingerprint density at radius 3 is 2.58 bits per heavy atom. The van der Waals surface area contributed by atoms with E-state index >= 15 is 0 Å². The van der Waals surface area contributed by atoms with E-state index in [1.54, 1.807) is 18.2 Å². The standard InChI is InChI=1S/C16H19NO2/c1-12-11-14(18)8-9-15(12)19-16(17)10-7-13-5-3-2-4-6-13/h2-6,8-9,11,16,18H,7,10,17H2,1H3. The molecule has 1 unspecified atom stereocenters. The van der Waals surface area contributed by atoms with Crippen LogP contribution in [-0.4, -0.2) is 11.3 Å². The van der Waals surface area contributed by atoms with Crippen molar-refractivity contribution >= 4 is 0 Å². The number of hydrogen-bond donors (Lipinski definition) is 2. The third-order valence-electron chi connectivity index (χ3n) is 3.00. The quantitative estimate of drug-likeness (QED) is 0.810. The zero-order valence-corrected chi connectivity index (χ0v) is 11.0. The van der Waals surface area contributed by atoms with Crippen LogP contribution in [0.1, 0.15) is 17.5 Å². The normalized spacial score (nSPS) is 12.1. The van der Waals surface area contributed by atoms with Gasteiger partial charge in [0, 0.05) is 6.42 Å². The Kier molecular flexibility index (Phi) is 4.42. The van der Waals surface area contributed by atoms with E-state index < -0.39 is 0 Å². The summed E-state index contributed by atoms with van der Waals surface area (Å²) in [5.74, 6) is 0.959. The van der Waals surface area contributed by atoms with Crippen LogP contribution in [0.25, 0.3) is 0 Å². The maximum atomic E-state index is 9.34. The second kappa shape index (κ2) is 6.25. The number of phenolic OH excluding ortho intramolecular Hbond substituents is 1. The van der Waals surface area contributed by atoms with Crippen molar-refractivity contribution in [2.24, 2.45) is 5.73 Å². The highest BCUT2D eigenvalue weighted by Crippen LogP contribution is 2.23. The van der Waals surface area contributed by atoms with Gasteiger partial charge in [0.2, 0.25) is 0 Å². The summed E-state index contributed by atoms with van der Waals surface area (Å²) in [6, 6.07) is 15.2. The average Bonchev–Trinajstić information content (AvgIpc) is 2.41. The molecule has 0 bridgehead atoms. The summed E-state index contributed by atoms with van der Waals surface area (Å²) >= 11 is 0. The first-order valence-corrected chi connectivity index (χ1v) is 6.41. The van der Waals surface area contributed by atoms with E-state index in [1.807, 2.05) is 25.1 Å². The van der Waals surface area contributed by atoms with Crippen LogP contribution in [0.5, 0.6) is 11.5 Å². The van der Waals surface area contributed by atoms with Gasteiger partial charge in [-0.25, -0.2) is 0 Å². The second-order valence-electron chi connectivity index (χ2n) is 4.63. The van der Waals surface area contributed by atoms with Crippen LogP contribution in [0.2, 0.25) is 0 Å². The molecule has 0 spiro atoms. The van der Waals surface area contributed by atoms with Crippen molar-refractivity contribution in [1.82, 2.24) is 0 Å². The Balaban J connectivity index is 1.89. The minimum Gasteiger partial charge on any atom is -0.508 e. The Hall–Kier alpha value is -2.00. The highest BCUT2D eigenvalue weighted by molar-refractivity contribution is 5.38. The highest BCUT2D eigenvalue weighted by Gasteiger charge is 2.07. The molecule has 0 amide bonds. The molecule has 0 saturated heterocycles. The van der Waals surface area contributed by atoms with Crippen molar-refractivity contribution in [3.8, 4) is 11.5 Å². The van der Waals surface area contributed by atoms with E-state index in [0.29, 0.717) is 0 Å². The van der Waals surface area contributed by atoms with Gasteiger partial charge in [-0.3, -0.25) is 5.73 Å². The lowest BCUT2D eigenvalue weighted by atomic mass is 10.1. The molecule has 0 heterocycles. The van der Waals surface area contributed by atoms with Crippen LogP contribution < -0.4 is 10.5 Å². The van der Waals surface area contributed by atoms with E-state index in [9.17, 15) is 5.11 Å². The molecule has 0 fully saturated rings. The van der Waals surface area contributed by atoms with Gasteiger partial charge in [0.05, 0.1) is 0 Å². The van der Waals surface area contributed by atoms with E-state index in [2.05, 4.69) is 12.1 Å². The Bertz CT molecular complexity index is 526. The molecule has 2 aromatic carbocycles. The Morgan fingerprint density at radius 2 is 1.89 bits per heavy atom. The van der Waals surface area contributed by atoms with Gasteiger partial charge in [-0.15, -0.1) is 0 Å². The molecule has 1 atom stereocenters. The first-order chi connectivity index (χ1) is 9.15. The maximum absolute atomic E-state index is 9.34. The topological polar surface area (TPSA) is 55.5 Å². The summed E-state index contributed by atoms with van der Waals surface area (Å²) < 4.78 is 5.69. The van der Waals surface area contributed by atoms with Gasteiger partial charge in [-0.05, 0) is 42.7 Å². The van der Waals surface area contributed by atoms with Crippen LogP contribution in [0.15, 0.2) is 48.5 Å². The summed E-state index contributed by atoms with van der Waals surface area (Å²) in [6.07, 6.45) is 1.30.